The Labute approximate surface area is 111 Å². The van der Waals surface area contributed by atoms with E-state index in [-0.39, 0.29) is 24.4 Å². The SMILES string of the molecule is CCC1CCC(NC(=O)CCC(C)N)CC1.Cl. The summed E-state index contributed by atoms with van der Waals surface area (Å²) in [5, 5.41) is 3.12. The summed E-state index contributed by atoms with van der Waals surface area (Å²) in [6.45, 7) is 4.20. The van der Waals surface area contributed by atoms with Crippen molar-refractivity contribution in [2.45, 2.75) is 70.9 Å². The minimum atomic E-state index is 0. The molecule has 1 fully saturated rings. The largest absolute Gasteiger partial charge is 0.353 e. The van der Waals surface area contributed by atoms with Gasteiger partial charge in [0.05, 0.1) is 0 Å². The number of nitrogens with one attached hydrogen (secondary N) is 1. The molecule has 3 nitrogen and oxygen atoms in total. The zero-order valence-corrected chi connectivity index (χ0v) is 11.9. The number of rotatable bonds is 5. The molecule has 0 aromatic heterocycles. The van der Waals surface area contributed by atoms with Gasteiger partial charge in [-0.3, -0.25) is 4.79 Å². The average molecular weight is 263 g/mol. The highest BCUT2D eigenvalue weighted by atomic mass is 35.5. The third-order valence-corrected chi connectivity index (χ3v) is 3.62. The van der Waals surface area contributed by atoms with Gasteiger partial charge in [-0.05, 0) is 44.9 Å². The first-order valence-electron chi connectivity index (χ1n) is 6.66. The van der Waals surface area contributed by atoms with E-state index in [1.165, 1.54) is 19.3 Å². The number of amides is 1. The highest BCUT2D eigenvalue weighted by Gasteiger charge is 2.20. The summed E-state index contributed by atoms with van der Waals surface area (Å²) in [5.74, 6) is 1.06. The van der Waals surface area contributed by atoms with Gasteiger partial charge in [0.25, 0.3) is 0 Å². The van der Waals surface area contributed by atoms with Crippen LogP contribution in [-0.4, -0.2) is 18.0 Å². The lowest BCUT2D eigenvalue weighted by Crippen LogP contribution is -2.38. The van der Waals surface area contributed by atoms with Gasteiger partial charge in [0.1, 0.15) is 0 Å². The van der Waals surface area contributed by atoms with Gasteiger partial charge in [0.15, 0.2) is 0 Å². The molecule has 0 aliphatic heterocycles. The maximum Gasteiger partial charge on any atom is 0.220 e. The monoisotopic (exact) mass is 262 g/mol. The van der Waals surface area contributed by atoms with Gasteiger partial charge in [-0.25, -0.2) is 0 Å². The van der Waals surface area contributed by atoms with Crippen molar-refractivity contribution in [1.29, 1.82) is 0 Å². The molecule has 0 bridgehead atoms. The Morgan fingerprint density at radius 1 is 1.35 bits per heavy atom. The molecule has 1 saturated carbocycles. The Hall–Kier alpha value is -0.280. The number of hydrogen-bond acceptors (Lipinski definition) is 2. The van der Waals surface area contributed by atoms with Gasteiger partial charge in [-0.15, -0.1) is 12.4 Å². The van der Waals surface area contributed by atoms with Gasteiger partial charge >= 0.3 is 0 Å². The van der Waals surface area contributed by atoms with Crippen LogP contribution in [0, 0.1) is 5.92 Å². The second kappa shape index (κ2) is 8.76. The van der Waals surface area contributed by atoms with Crippen LogP contribution in [0.25, 0.3) is 0 Å². The standard InChI is InChI=1S/C13H26N2O.ClH/c1-3-11-5-7-12(8-6-11)15-13(16)9-4-10(2)14;/h10-12H,3-9,14H2,1-2H3,(H,15,16);1H. The van der Waals surface area contributed by atoms with Gasteiger partial charge in [0, 0.05) is 18.5 Å². The number of nitrogens with two attached hydrogens (primary N) is 1. The number of carbonyl (C=O) groups excluding carboxylic acids is 1. The number of carbonyl (C=O) groups is 1. The summed E-state index contributed by atoms with van der Waals surface area (Å²) in [6.07, 6.45) is 7.50. The van der Waals surface area contributed by atoms with Crippen LogP contribution >= 0.6 is 12.4 Å². The Bertz CT molecular complexity index is 213. The molecule has 4 heteroatoms. The minimum absolute atomic E-state index is 0. The summed E-state index contributed by atoms with van der Waals surface area (Å²) in [4.78, 5) is 11.6. The van der Waals surface area contributed by atoms with Crippen LogP contribution in [0.2, 0.25) is 0 Å². The van der Waals surface area contributed by atoms with E-state index in [0.29, 0.717) is 12.5 Å². The molecule has 3 N–H and O–H groups in total. The van der Waals surface area contributed by atoms with E-state index >= 15 is 0 Å². The molecule has 1 aliphatic rings. The predicted octanol–water partition coefficient (Wildman–Crippen LogP) is 2.62. The third-order valence-electron chi connectivity index (χ3n) is 3.62. The molecule has 1 atom stereocenters. The third kappa shape index (κ3) is 6.89. The van der Waals surface area contributed by atoms with Crippen molar-refractivity contribution in [1.82, 2.24) is 5.32 Å². The molecule has 102 valence electrons. The Morgan fingerprint density at radius 3 is 2.41 bits per heavy atom. The zero-order valence-electron chi connectivity index (χ0n) is 11.1. The Balaban J connectivity index is 0.00000256. The molecule has 0 saturated heterocycles. The summed E-state index contributed by atoms with van der Waals surface area (Å²) < 4.78 is 0. The highest BCUT2D eigenvalue weighted by Crippen LogP contribution is 2.26. The molecular formula is C13H27ClN2O. The van der Waals surface area contributed by atoms with Gasteiger partial charge in [0.2, 0.25) is 5.91 Å². The lowest BCUT2D eigenvalue weighted by atomic mass is 9.84. The second-order valence-corrected chi connectivity index (χ2v) is 5.21. The van der Waals surface area contributed by atoms with E-state index in [9.17, 15) is 4.79 Å². The molecule has 0 aromatic carbocycles. The van der Waals surface area contributed by atoms with Crippen molar-refractivity contribution in [2.24, 2.45) is 11.7 Å². The van der Waals surface area contributed by atoms with E-state index in [1.54, 1.807) is 0 Å². The second-order valence-electron chi connectivity index (χ2n) is 5.21. The fourth-order valence-electron chi connectivity index (χ4n) is 2.37. The first kappa shape index (κ1) is 16.7. The normalized spacial score (nSPS) is 25.8. The summed E-state index contributed by atoms with van der Waals surface area (Å²) in [6, 6.07) is 0.546. The lowest BCUT2D eigenvalue weighted by Gasteiger charge is -2.28. The predicted molar refractivity (Wildman–Crippen MR) is 74.3 cm³/mol. The smallest absolute Gasteiger partial charge is 0.220 e. The molecular weight excluding hydrogens is 236 g/mol. The zero-order chi connectivity index (χ0) is 12.0. The van der Waals surface area contributed by atoms with Crippen LogP contribution < -0.4 is 11.1 Å². The van der Waals surface area contributed by atoms with Gasteiger partial charge in [-0.2, -0.15) is 0 Å². The van der Waals surface area contributed by atoms with Crippen molar-refractivity contribution in [2.75, 3.05) is 0 Å². The maximum absolute atomic E-state index is 11.6. The molecule has 1 aliphatic carbocycles. The summed E-state index contributed by atoms with van der Waals surface area (Å²) in [7, 11) is 0. The van der Waals surface area contributed by atoms with Crippen LogP contribution in [0.5, 0.6) is 0 Å². The first-order chi connectivity index (χ1) is 7.61. The Kier molecular flexibility index (Phi) is 8.61. The van der Waals surface area contributed by atoms with Crippen molar-refractivity contribution >= 4 is 18.3 Å². The summed E-state index contributed by atoms with van der Waals surface area (Å²) >= 11 is 0. The van der Waals surface area contributed by atoms with E-state index in [2.05, 4.69) is 12.2 Å². The minimum Gasteiger partial charge on any atom is -0.353 e. The molecule has 0 heterocycles. The molecule has 0 spiro atoms. The first-order valence-corrected chi connectivity index (χ1v) is 6.66. The molecule has 0 aromatic rings. The molecule has 1 rings (SSSR count). The highest BCUT2D eigenvalue weighted by molar-refractivity contribution is 5.85. The van der Waals surface area contributed by atoms with Crippen molar-refractivity contribution in [3.8, 4) is 0 Å². The topological polar surface area (TPSA) is 55.1 Å². The fraction of sp³-hybridized carbons (Fsp3) is 0.923. The molecule has 1 amide bonds. The van der Waals surface area contributed by atoms with E-state index in [4.69, 9.17) is 5.73 Å². The maximum atomic E-state index is 11.6. The average Bonchev–Trinajstić information content (AvgIpc) is 2.27. The quantitative estimate of drug-likeness (QED) is 0.800. The molecule has 1 unspecified atom stereocenters. The fourth-order valence-corrected chi connectivity index (χ4v) is 2.37. The van der Waals surface area contributed by atoms with Crippen LogP contribution in [0.3, 0.4) is 0 Å². The van der Waals surface area contributed by atoms with Crippen LogP contribution in [0.4, 0.5) is 0 Å². The number of halogens is 1. The van der Waals surface area contributed by atoms with Gasteiger partial charge < -0.3 is 11.1 Å². The van der Waals surface area contributed by atoms with Crippen LogP contribution in [-0.2, 0) is 4.79 Å². The van der Waals surface area contributed by atoms with Crippen LogP contribution in [0.1, 0.15) is 58.8 Å². The van der Waals surface area contributed by atoms with Crippen molar-refractivity contribution in [3.63, 3.8) is 0 Å². The molecule has 0 radical (unpaired) electrons. The Morgan fingerprint density at radius 2 is 1.94 bits per heavy atom. The van der Waals surface area contributed by atoms with E-state index in [1.807, 2.05) is 6.92 Å². The number of hydrogen-bond donors (Lipinski definition) is 2. The van der Waals surface area contributed by atoms with E-state index in [0.717, 1.165) is 25.2 Å². The van der Waals surface area contributed by atoms with Crippen molar-refractivity contribution < 1.29 is 4.79 Å². The van der Waals surface area contributed by atoms with E-state index < -0.39 is 0 Å². The summed E-state index contributed by atoms with van der Waals surface area (Å²) in [5.41, 5.74) is 5.63. The van der Waals surface area contributed by atoms with Crippen molar-refractivity contribution in [3.05, 3.63) is 0 Å². The molecule has 17 heavy (non-hydrogen) atoms. The van der Waals surface area contributed by atoms with Gasteiger partial charge in [-0.1, -0.05) is 13.3 Å². The van der Waals surface area contributed by atoms with Crippen LogP contribution in [0.15, 0.2) is 0 Å². The lowest BCUT2D eigenvalue weighted by molar-refractivity contribution is -0.122.